The summed E-state index contributed by atoms with van der Waals surface area (Å²) in [5.41, 5.74) is 0.343. The second kappa shape index (κ2) is 9.59. The molecule has 8 nitrogen and oxygen atoms in total. The summed E-state index contributed by atoms with van der Waals surface area (Å²) in [4.78, 5) is 16.9. The van der Waals surface area contributed by atoms with Crippen molar-refractivity contribution in [3.05, 3.63) is 53.7 Å². The van der Waals surface area contributed by atoms with Crippen LogP contribution in [-0.4, -0.2) is 34.6 Å². The predicted molar refractivity (Wildman–Crippen MR) is 126 cm³/mol. The van der Waals surface area contributed by atoms with Crippen LogP contribution in [0.1, 0.15) is 64.9 Å². The highest BCUT2D eigenvalue weighted by Crippen LogP contribution is 2.46. The molecule has 180 valence electrons. The third-order valence-electron chi connectivity index (χ3n) is 5.93. The van der Waals surface area contributed by atoms with Gasteiger partial charge in [-0.15, -0.1) is 0 Å². The third kappa shape index (κ3) is 4.93. The van der Waals surface area contributed by atoms with Crippen LogP contribution in [0.5, 0.6) is 0 Å². The van der Waals surface area contributed by atoms with Crippen molar-refractivity contribution in [3.8, 4) is 0 Å². The number of rotatable bonds is 10. The summed E-state index contributed by atoms with van der Waals surface area (Å²) in [5, 5.41) is 11.1. The Hall–Kier alpha value is -2.81. The van der Waals surface area contributed by atoms with Crippen LogP contribution in [0.15, 0.2) is 53.1 Å². The molecule has 9 heteroatoms. The predicted octanol–water partition coefficient (Wildman–Crippen LogP) is 4.67. The van der Waals surface area contributed by atoms with Gasteiger partial charge in [0.1, 0.15) is 5.76 Å². The first-order valence-corrected chi connectivity index (χ1v) is 12.8. The minimum Gasteiger partial charge on any atom is -0.507 e. The fourth-order valence-corrected chi connectivity index (χ4v) is 5.62. The van der Waals surface area contributed by atoms with Gasteiger partial charge in [0.2, 0.25) is 0 Å². The molecule has 0 aliphatic carbocycles. The van der Waals surface area contributed by atoms with E-state index in [4.69, 9.17) is 4.74 Å². The number of anilines is 1. The molecule has 33 heavy (non-hydrogen) atoms. The molecule has 0 bridgehead atoms. The van der Waals surface area contributed by atoms with Gasteiger partial charge in [0.15, 0.2) is 10.6 Å². The van der Waals surface area contributed by atoms with Gasteiger partial charge in [0.05, 0.1) is 11.9 Å². The van der Waals surface area contributed by atoms with Crippen LogP contribution in [0.3, 0.4) is 0 Å². The maximum absolute atomic E-state index is 13.0. The fourth-order valence-electron chi connectivity index (χ4n) is 4.58. The average Bonchev–Trinajstić information content (AvgIpc) is 3.26. The molecule has 1 atom stereocenters. The van der Waals surface area contributed by atoms with E-state index in [-0.39, 0.29) is 22.3 Å². The molecule has 1 aromatic carbocycles. The summed E-state index contributed by atoms with van der Waals surface area (Å²) in [6.07, 6.45) is 5.47. The van der Waals surface area contributed by atoms with Crippen molar-refractivity contribution in [1.29, 1.82) is 0 Å². The molecular formula is C24H33N3O5S. The molecule has 0 fully saturated rings. The van der Waals surface area contributed by atoms with Crippen molar-refractivity contribution >= 4 is 21.7 Å². The normalized spacial score (nSPS) is 16.8. The Labute approximate surface area is 195 Å². The molecule has 2 heterocycles. The molecular weight excluding hydrogens is 442 g/mol. The van der Waals surface area contributed by atoms with E-state index in [0.29, 0.717) is 24.1 Å². The highest BCUT2D eigenvalue weighted by molar-refractivity contribution is 7.92. The number of cyclic esters (lactones) is 1. The number of carbonyl (C=O) groups is 1. The van der Waals surface area contributed by atoms with E-state index in [0.717, 1.165) is 12.8 Å². The number of aliphatic hydroxyl groups is 1. The van der Waals surface area contributed by atoms with Gasteiger partial charge in [-0.3, -0.25) is 4.72 Å². The van der Waals surface area contributed by atoms with Gasteiger partial charge in [-0.2, -0.15) is 8.42 Å². The SMILES string of the molecule is CCCC1(CCC)OC(=O)C(C(c2cccc(NS(=O)(=O)c3cn(C)cn3)c2)C(C)C)=C1O. The summed E-state index contributed by atoms with van der Waals surface area (Å²) < 4.78 is 35.3. The van der Waals surface area contributed by atoms with E-state index in [1.54, 1.807) is 29.8 Å². The van der Waals surface area contributed by atoms with E-state index in [1.165, 1.54) is 12.5 Å². The molecule has 2 aromatic rings. The van der Waals surface area contributed by atoms with Crippen molar-refractivity contribution in [2.45, 2.75) is 69.9 Å². The molecule has 1 unspecified atom stereocenters. The Kier molecular flexibility index (Phi) is 7.21. The molecule has 0 amide bonds. The van der Waals surface area contributed by atoms with Crippen molar-refractivity contribution in [1.82, 2.24) is 9.55 Å². The molecule has 1 aliphatic heterocycles. The maximum atomic E-state index is 13.0. The average molecular weight is 476 g/mol. The molecule has 3 rings (SSSR count). The summed E-state index contributed by atoms with van der Waals surface area (Å²) in [6.45, 7) is 7.91. The first-order chi connectivity index (χ1) is 15.5. The summed E-state index contributed by atoms with van der Waals surface area (Å²) in [7, 11) is -2.17. The number of aryl methyl sites for hydroxylation is 1. The number of esters is 1. The van der Waals surface area contributed by atoms with E-state index in [2.05, 4.69) is 9.71 Å². The topological polar surface area (TPSA) is 111 Å². The van der Waals surface area contributed by atoms with Crippen LogP contribution in [0.25, 0.3) is 0 Å². The van der Waals surface area contributed by atoms with Crippen LogP contribution in [-0.2, 0) is 26.6 Å². The molecule has 1 aromatic heterocycles. The zero-order valence-electron chi connectivity index (χ0n) is 19.8. The zero-order chi connectivity index (χ0) is 24.4. The fraction of sp³-hybridized carbons (Fsp3) is 0.500. The molecule has 0 radical (unpaired) electrons. The third-order valence-corrected chi connectivity index (χ3v) is 7.20. The summed E-state index contributed by atoms with van der Waals surface area (Å²) in [6, 6.07) is 6.89. The van der Waals surface area contributed by atoms with Gasteiger partial charge < -0.3 is 14.4 Å². The molecule has 0 saturated heterocycles. The highest BCUT2D eigenvalue weighted by Gasteiger charge is 2.49. The lowest BCUT2D eigenvalue weighted by atomic mass is 9.79. The van der Waals surface area contributed by atoms with Crippen LogP contribution in [0.4, 0.5) is 5.69 Å². The van der Waals surface area contributed by atoms with Crippen molar-refractivity contribution < 1.29 is 23.1 Å². The number of ether oxygens (including phenoxy) is 1. The first kappa shape index (κ1) is 24.8. The molecule has 2 N–H and O–H groups in total. The zero-order valence-corrected chi connectivity index (χ0v) is 20.6. The lowest BCUT2D eigenvalue weighted by Gasteiger charge is -2.27. The molecule has 0 spiro atoms. The number of aliphatic hydroxyl groups excluding tert-OH is 1. The number of carbonyl (C=O) groups excluding carboxylic acids is 1. The second-order valence-corrected chi connectivity index (χ2v) is 10.6. The lowest BCUT2D eigenvalue weighted by Crippen LogP contribution is -2.31. The van der Waals surface area contributed by atoms with Gasteiger partial charge in [-0.1, -0.05) is 52.7 Å². The number of nitrogens with one attached hydrogen (secondary N) is 1. The maximum Gasteiger partial charge on any atom is 0.339 e. The number of benzene rings is 1. The standard InChI is InChI=1S/C24H33N3O5S/c1-6-11-24(12-7-2)22(28)21(23(29)32-24)20(16(3)4)17-9-8-10-18(13-17)26-33(30,31)19-14-27(5)15-25-19/h8-10,13-16,20,26,28H,6-7,11-12H2,1-5H3. The van der Waals surface area contributed by atoms with Crippen molar-refractivity contribution in [2.75, 3.05) is 4.72 Å². The van der Waals surface area contributed by atoms with E-state index < -0.39 is 27.5 Å². The van der Waals surface area contributed by atoms with Gasteiger partial charge in [0, 0.05) is 24.8 Å². The second-order valence-electron chi connectivity index (χ2n) is 8.98. The number of nitrogens with zero attached hydrogens (tertiary/aromatic N) is 2. The molecule has 0 saturated carbocycles. The van der Waals surface area contributed by atoms with Crippen LogP contribution < -0.4 is 4.72 Å². The van der Waals surface area contributed by atoms with Gasteiger partial charge in [-0.05, 0) is 36.5 Å². The van der Waals surface area contributed by atoms with E-state index in [1.807, 2.05) is 33.8 Å². The quantitative estimate of drug-likeness (QED) is 0.483. The minimum atomic E-state index is -3.86. The monoisotopic (exact) mass is 475 g/mol. The van der Waals surface area contributed by atoms with Gasteiger partial charge >= 0.3 is 5.97 Å². The van der Waals surface area contributed by atoms with Crippen LogP contribution in [0.2, 0.25) is 0 Å². The number of imidazole rings is 1. The van der Waals surface area contributed by atoms with E-state index in [9.17, 15) is 18.3 Å². The van der Waals surface area contributed by atoms with Crippen LogP contribution in [0, 0.1) is 5.92 Å². The van der Waals surface area contributed by atoms with Crippen molar-refractivity contribution in [3.63, 3.8) is 0 Å². The first-order valence-electron chi connectivity index (χ1n) is 11.3. The smallest absolute Gasteiger partial charge is 0.339 e. The largest absolute Gasteiger partial charge is 0.507 e. The molecule has 1 aliphatic rings. The Morgan fingerprint density at radius 3 is 2.42 bits per heavy atom. The highest BCUT2D eigenvalue weighted by atomic mass is 32.2. The Morgan fingerprint density at radius 2 is 1.88 bits per heavy atom. The van der Waals surface area contributed by atoms with Crippen LogP contribution >= 0.6 is 0 Å². The van der Waals surface area contributed by atoms with E-state index >= 15 is 0 Å². The Morgan fingerprint density at radius 1 is 1.21 bits per heavy atom. The number of hydrogen-bond acceptors (Lipinski definition) is 6. The number of sulfonamides is 1. The summed E-state index contributed by atoms with van der Waals surface area (Å²) in [5.74, 6) is -0.995. The van der Waals surface area contributed by atoms with Crippen molar-refractivity contribution in [2.24, 2.45) is 13.0 Å². The number of aromatic nitrogens is 2. The van der Waals surface area contributed by atoms with Gasteiger partial charge in [0.25, 0.3) is 10.0 Å². The summed E-state index contributed by atoms with van der Waals surface area (Å²) >= 11 is 0. The minimum absolute atomic E-state index is 0.00868. The lowest BCUT2D eigenvalue weighted by molar-refractivity contribution is -0.149. The Bertz CT molecular complexity index is 1140. The van der Waals surface area contributed by atoms with Gasteiger partial charge in [-0.25, -0.2) is 9.78 Å². The Balaban J connectivity index is 2.01. The number of hydrogen-bond donors (Lipinski definition) is 2.